The second kappa shape index (κ2) is 6.61. The fraction of sp³-hybridized carbons (Fsp3) is 0.500. The molecule has 3 atom stereocenters. The number of aliphatic carboxylic acids is 1. The first-order chi connectivity index (χ1) is 9.99. The maximum atomic E-state index is 12.0. The minimum atomic E-state index is -0.911. The van der Waals surface area contributed by atoms with E-state index in [4.69, 9.17) is 5.11 Å². The van der Waals surface area contributed by atoms with Gasteiger partial charge in [-0.2, -0.15) is 0 Å². The number of carboxylic acids is 1. The number of carbonyl (C=O) groups is 2. The van der Waals surface area contributed by atoms with Crippen molar-refractivity contribution in [2.75, 3.05) is 0 Å². The van der Waals surface area contributed by atoms with Crippen LogP contribution in [-0.2, 0) is 11.2 Å². The van der Waals surface area contributed by atoms with Crippen molar-refractivity contribution >= 4 is 12.0 Å². The minimum Gasteiger partial charge on any atom is -0.481 e. The molecule has 2 rings (SSSR count). The van der Waals surface area contributed by atoms with Crippen molar-refractivity contribution in [3.8, 4) is 0 Å². The van der Waals surface area contributed by atoms with Gasteiger partial charge in [0.2, 0.25) is 0 Å². The van der Waals surface area contributed by atoms with Crippen LogP contribution in [0.1, 0.15) is 43.9 Å². The van der Waals surface area contributed by atoms with Crippen molar-refractivity contribution in [2.45, 2.75) is 45.2 Å². The van der Waals surface area contributed by atoms with Gasteiger partial charge in [-0.3, -0.25) is 4.79 Å². The van der Waals surface area contributed by atoms with E-state index in [-0.39, 0.29) is 12.1 Å². The average molecular weight is 290 g/mol. The number of carboxylic acid groups (broad SMARTS) is 1. The summed E-state index contributed by atoms with van der Waals surface area (Å²) in [4.78, 5) is 22.9. The highest BCUT2D eigenvalue weighted by Gasteiger charge is 2.24. The number of benzene rings is 1. The summed E-state index contributed by atoms with van der Waals surface area (Å²) in [5.41, 5.74) is 2.44. The number of urea groups is 1. The third-order valence-corrected chi connectivity index (χ3v) is 4.17. The molecule has 0 aliphatic heterocycles. The Bertz CT molecular complexity index is 530. The first-order valence-electron chi connectivity index (χ1n) is 7.36. The molecule has 3 N–H and O–H groups in total. The number of hydrogen-bond donors (Lipinski definition) is 3. The molecule has 1 aromatic rings. The summed E-state index contributed by atoms with van der Waals surface area (Å²) in [5, 5.41) is 14.6. The lowest BCUT2D eigenvalue weighted by molar-refractivity contribution is -0.141. The molecule has 0 bridgehead atoms. The van der Waals surface area contributed by atoms with E-state index in [0.29, 0.717) is 0 Å². The van der Waals surface area contributed by atoms with Gasteiger partial charge in [0.05, 0.1) is 12.0 Å². The molecule has 0 saturated carbocycles. The summed E-state index contributed by atoms with van der Waals surface area (Å²) in [6, 6.07) is 7.41. The first-order valence-corrected chi connectivity index (χ1v) is 7.36. The summed E-state index contributed by atoms with van der Waals surface area (Å²) in [6.07, 6.45) is 3.00. The Balaban J connectivity index is 1.96. The van der Waals surface area contributed by atoms with Gasteiger partial charge in [-0.15, -0.1) is 0 Å². The highest BCUT2D eigenvalue weighted by molar-refractivity contribution is 5.77. The van der Waals surface area contributed by atoms with E-state index in [2.05, 4.69) is 16.7 Å². The number of aryl methyl sites for hydroxylation is 1. The molecule has 1 aliphatic rings. The predicted octanol–water partition coefficient (Wildman–Crippen LogP) is 2.47. The Morgan fingerprint density at radius 1 is 1.29 bits per heavy atom. The molecule has 5 heteroatoms. The molecule has 1 aromatic carbocycles. The molecule has 0 fully saturated rings. The number of carbonyl (C=O) groups excluding carboxylic acids is 1. The lowest BCUT2D eigenvalue weighted by atomic mass is 9.88. The Kier molecular flexibility index (Phi) is 4.83. The Hall–Kier alpha value is -2.04. The second-order valence-corrected chi connectivity index (χ2v) is 5.68. The molecule has 0 saturated heterocycles. The zero-order valence-corrected chi connectivity index (χ0v) is 12.4. The van der Waals surface area contributed by atoms with Crippen LogP contribution in [0.3, 0.4) is 0 Å². The number of nitrogens with one attached hydrogen (secondary N) is 2. The predicted molar refractivity (Wildman–Crippen MR) is 80.1 cm³/mol. The van der Waals surface area contributed by atoms with Crippen LogP contribution in [0.15, 0.2) is 24.3 Å². The molecular formula is C16H22N2O3. The molecule has 114 valence electrons. The summed E-state index contributed by atoms with van der Waals surface area (Å²) >= 11 is 0. The third-order valence-electron chi connectivity index (χ3n) is 4.17. The van der Waals surface area contributed by atoms with E-state index in [0.717, 1.165) is 24.8 Å². The van der Waals surface area contributed by atoms with E-state index in [1.807, 2.05) is 18.2 Å². The van der Waals surface area contributed by atoms with Crippen LogP contribution >= 0.6 is 0 Å². The lowest BCUT2D eigenvalue weighted by Crippen LogP contribution is -2.46. The third kappa shape index (κ3) is 3.74. The van der Waals surface area contributed by atoms with Crippen LogP contribution in [0.5, 0.6) is 0 Å². The quantitative estimate of drug-likeness (QED) is 0.797. The van der Waals surface area contributed by atoms with E-state index >= 15 is 0 Å². The minimum absolute atomic E-state index is 0.00211. The summed E-state index contributed by atoms with van der Waals surface area (Å²) in [7, 11) is 0. The summed E-state index contributed by atoms with van der Waals surface area (Å²) in [6.45, 7) is 3.29. The van der Waals surface area contributed by atoms with Gasteiger partial charge in [-0.1, -0.05) is 24.3 Å². The lowest BCUT2D eigenvalue weighted by Gasteiger charge is -2.27. The van der Waals surface area contributed by atoms with Crippen molar-refractivity contribution in [1.29, 1.82) is 0 Å². The fourth-order valence-corrected chi connectivity index (χ4v) is 2.65. The number of rotatable bonds is 4. The number of amides is 2. The van der Waals surface area contributed by atoms with Crippen molar-refractivity contribution in [3.63, 3.8) is 0 Å². The second-order valence-electron chi connectivity index (χ2n) is 5.68. The number of hydrogen-bond acceptors (Lipinski definition) is 2. The first kappa shape index (κ1) is 15.4. The van der Waals surface area contributed by atoms with Gasteiger partial charge in [0.15, 0.2) is 0 Å². The normalized spacial score (nSPS) is 20.0. The van der Waals surface area contributed by atoms with Gasteiger partial charge in [0, 0.05) is 6.04 Å². The smallest absolute Gasteiger partial charge is 0.315 e. The average Bonchev–Trinajstić information content (AvgIpc) is 2.46. The Labute approximate surface area is 124 Å². The molecule has 3 unspecified atom stereocenters. The molecule has 5 nitrogen and oxygen atoms in total. The largest absolute Gasteiger partial charge is 0.481 e. The van der Waals surface area contributed by atoms with Gasteiger partial charge in [-0.05, 0) is 44.2 Å². The molecular weight excluding hydrogens is 268 g/mol. The fourth-order valence-electron chi connectivity index (χ4n) is 2.65. The monoisotopic (exact) mass is 290 g/mol. The maximum Gasteiger partial charge on any atom is 0.315 e. The van der Waals surface area contributed by atoms with Crippen LogP contribution in [-0.4, -0.2) is 23.1 Å². The molecule has 21 heavy (non-hydrogen) atoms. The standard InChI is InChI=1S/C16H22N2O3/c1-10(15(19)20)11(2)17-16(21)18-14-9-5-7-12-6-3-4-8-13(12)14/h3-4,6,8,10-11,14H,5,7,9H2,1-2H3,(H,19,20)(H2,17,18,21). The molecule has 2 amide bonds. The van der Waals surface area contributed by atoms with Gasteiger partial charge in [0.1, 0.15) is 0 Å². The van der Waals surface area contributed by atoms with Gasteiger partial charge >= 0.3 is 12.0 Å². The van der Waals surface area contributed by atoms with Crippen LogP contribution in [0.25, 0.3) is 0 Å². The molecule has 0 heterocycles. The maximum absolute atomic E-state index is 12.0. The van der Waals surface area contributed by atoms with Crippen LogP contribution in [0.4, 0.5) is 4.79 Å². The topological polar surface area (TPSA) is 78.4 Å². The molecule has 0 radical (unpaired) electrons. The number of fused-ring (bicyclic) bond motifs is 1. The van der Waals surface area contributed by atoms with E-state index < -0.39 is 17.9 Å². The Morgan fingerprint density at radius 2 is 2.00 bits per heavy atom. The van der Waals surface area contributed by atoms with Crippen LogP contribution < -0.4 is 10.6 Å². The van der Waals surface area contributed by atoms with Gasteiger partial charge in [0.25, 0.3) is 0 Å². The zero-order valence-electron chi connectivity index (χ0n) is 12.4. The SMILES string of the molecule is CC(NC(=O)NC1CCCc2ccccc21)C(C)C(=O)O. The van der Waals surface area contributed by atoms with E-state index in [1.54, 1.807) is 13.8 Å². The van der Waals surface area contributed by atoms with Crippen molar-refractivity contribution in [2.24, 2.45) is 5.92 Å². The van der Waals surface area contributed by atoms with Crippen molar-refractivity contribution in [1.82, 2.24) is 10.6 Å². The Morgan fingerprint density at radius 3 is 2.71 bits per heavy atom. The molecule has 1 aliphatic carbocycles. The van der Waals surface area contributed by atoms with Crippen molar-refractivity contribution < 1.29 is 14.7 Å². The summed E-state index contributed by atoms with van der Waals surface area (Å²) < 4.78 is 0. The highest BCUT2D eigenvalue weighted by Crippen LogP contribution is 2.29. The van der Waals surface area contributed by atoms with E-state index in [1.165, 1.54) is 5.56 Å². The van der Waals surface area contributed by atoms with Gasteiger partial charge < -0.3 is 15.7 Å². The molecule has 0 aromatic heterocycles. The molecule has 0 spiro atoms. The highest BCUT2D eigenvalue weighted by atomic mass is 16.4. The van der Waals surface area contributed by atoms with Crippen LogP contribution in [0, 0.1) is 5.92 Å². The van der Waals surface area contributed by atoms with Crippen molar-refractivity contribution in [3.05, 3.63) is 35.4 Å². The van der Waals surface area contributed by atoms with Gasteiger partial charge in [-0.25, -0.2) is 4.79 Å². The van der Waals surface area contributed by atoms with Crippen LogP contribution in [0.2, 0.25) is 0 Å². The summed E-state index contributed by atoms with van der Waals surface area (Å²) in [5.74, 6) is -1.53. The zero-order chi connectivity index (χ0) is 15.4. The van der Waals surface area contributed by atoms with E-state index in [9.17, 15) is 9.59 Å².